The zero-order valence-electron chi connectivity index (χ0n) is 9.78. The van der Waals surface area contributed by atoms with Crippen molar-refractivity contribution in [2.24, 2.45) is 0 Å². The molecule has 1 N–H and O–H groups in total. The van der Waals surface area contributed by atoms with Gasteiger partial charge in [-0.25, -0.2) is 0 Å². The average molecular weight is 247 g/mol. The van der Waals surface area contributed by atoms with Crippen LogP contribution in [0.2, 0.25) is 5.02 Å². The predicted molar refractivity (Wildman–Crippen MR) is 71.0 cm³/mol. The van der Waals surface area contributed by atoms with E-state index in [1.54, 1.807) is 12.4 Å². The van der Waals surface area contributed by atoms with Crippen LogP contribution in [0, 0.1) is 6.92 Å². The van der Waals surface area contributed by atoms with Crippen molar-refractivity contribution in [3.8, 4) is 0 Å². The van der Waals surface area contributed by atoms with Gasteiger partial charge in [-0.3, -0.25) is 4.98 Å². The lowest BCUT2D eigenvalue weighted by atomic mass is 10.1. The van der Waals surface area contributed by atoms with Crippen LogP contribution < -0.4 is 5.32 Å². The van der Waals surface area contributed by atoms with E-state index in [0.29, 0.717) is 5.02 Å². The van der Waals surface area contributed by atoms with E-state index in [9.17, 15) is 0 Å². The third-order valence-corrected chi connectivity index (χ3v) is 2.92. The minimum atomic E-state index is 0.712. The van der Waals surface area contributed by atoms with Gasteiger partial charge in [-0.2, -0.15) is 0 Å². The van der Waals surface area contributed by atoms with Crippen molar-refractivity contribution >= 4 is 11.6 Å². The van der Waals surface area contributed by atoms with E-state index in [4.69, 9.17) is 11.6 Å². The van der Waals surface area contributed by atoms with Crippen LogP contribution in [-0.4, -0.2) is 4.98 Å². The lowest BCUT2D eigenvalue weighted by molar-refractivity contribution is 0.692. The SMILES string of the molecule is Cc1cccc(CNCc2ccncc2Cl)c1. The lowest BCUT2D eigenvalue weighted by Crippen LogP contribution is -2.13. The van der Waals surface area contributed by atoms with E-state index in [1.807, 2.05) is 6.07 Å². The molecule has 0 amide bonds. The molecule has 0 bridgehead atoms. The molecule has 1 aromatic carbocycles. The summed E-state index contributed by atoms with van der Waals surface area (Å²) in [5.74, 6) is 0. The van der Waals surface area contributed by atoms with Crippen molar-refractivity contribution in [3.63, 3.8) is 0 Å². The van der Waals surface area contributed by atoms with Gasteiger partial charge in [0.15, 0.2) is 0 Å². The molecule has 2 rings (SSSR count). The highest BCUT2D eigenvalue weighted by atomic mass is 35.5. The molecule has 2 nitrogen and oxygen atoms in total. The lowest BCUT2D eigenvalue weighted by Gasteiger charge is -2.07. The molecule has 0 radical (unpaired) electrons. The van der Waals surface area contributed by atoms with Crippen LogP contribution in [0.15, 0.2) is 42.7 Å². The molecule has 0 aliphatic heterocycles. The number of hydrogen-bond donors (Lipinski definition) is 1. The van der Waals surface area contributed by atoms with Crippen LogP contribution in [0.1, 0.15) is 16.7 Å². The van der Waals surface area contributed by atoms with Crippen molar-refractivity contribution in [1.82, 2.24) is 10.3 Å². The van der Waals surface area contributed by atoms with Gasteiger partial charge in [-0.15, -0.1) is 0 Å². The molecular weight excluding hydrogens is 232 g/mol. The third-order valence-electron chi connectivity index (χ3n) is 2.58. The molecule has 0 atom stereocenters. The topological polar surface area (TPSA) is 24.9 Å². The molecule has 0 unspecified atom stereocenters. The maximum atomic E-state index is 6.03. The molecule has 0 saturated heterocycles. The summed E-state index contributed by atoms with van der Waals surface area (Å²) in [7, 11) is 0. The summed E-state index contributed by atoms with van der Waals surface area (Å²) in [6.07, 6.45) is 3.43. The normalized spacial score (nSPS) is 10.5. The van der Waals surface area contributed by atoms with Crippen LogP contribution in [0.25, 0.3) is 0 Å². The van der Waals surface area contributed by atoms with E-state index in [1.165, 1.54) is 11.1 Å². The van der Waals surface area contributed by atoms with Crippen LogP contribution in [0.3, 0.4) is 0 Å². The van der Waals surface area contributed by atoms with Crippen LogP contribution in [0.4, 0.5) is 0 Å². The first-order valence-electron chi connectivity index (χ1n) is 5.60. The molecule has 88 valence electrons. The van der Waals surface area contributed by atoms with Gasteiger partial charge < -0.3 is 5.32 Å². The summed E-state index contributed by atoms with van der Waals surface area (Å²) in [6.45, 7) is 3.71. The summed E-state index contributed by atoms with van der Waals surface area (Å²) in [4.78, 5) is 3.96. The zero-order chi connectivity index (χ0) is 12.1. The molecule has 0 aliphatic carbocycles. The summed E-state index contributed by atoms with van der Waals surface area (Å²) in [5.41, 5.74) is 3.65. The van der Waals surface area contributed by atoms with E-state index in [-0.39, 0.29) is 0 Å². The summed E-state index contributed by atoms with van der Waals surface area (Å²) >= 11 is 6.03. The van der Waals surface area contributed by atoms with Gasteiger partial charge >= 0.3 is 0 Å². The number of aryl methyl sites for hydroxylation is 1. The van der Waals surface area contributed by atoms with E-state index >= 15 is 0 Å². The monoisotopic (exact) mass is 246 g/mol. The number of pyridine rings is 1. The van der Waals surface area contributed by atoms with Gasteiger partial charge in [0.25, 0.3) is 0 Å². The summed E-state index contributed by atoms with van der Waals surface area (Å²) < 4.78 is 0. The molecular formula is C14H15ClN2. The fourth-order valence-electron chi connectivity index (χ4n) is 1.71. The molecule has 0 saturated carbocycles. The van der Waals surface area contributed by atoms with E-state index in [2.05, 4.69) is 41.5 Å². The Morgan fingerprint density at radius 2 is 2.12 bits per heavy atom. The van der Waals surface area contributed by atoms with Gasteiger partial charge in [0.05, 0.1) is 5.02 Å². The van der Waals surface area contributed by atoms with E-state index in [0.717, 1.165) is 18.7 Å². The van der Waals surface area contributed by atoms with Gasteiger partial charge in [0.2, 0.25) is 0 Å². The number of rotatable bonds is 4. The molecule has 0 spiro atoms. The second kappa shape index (κ2) is 5.80. The first kappa shape index (κ1) is 12.1. The average Bonchev–Trinajstić information content (AvgIpc) is 2.32. The molecule has 3 heteroatoms. The summed E-state index contributed by atoms with van der Waals surface area (Å²) in [6, 6.07) is 10.4. The Hall–Kier alpha value is -1.38. The number of hydrogen-bond acceptors (Lipinski definition) is 2. The Bertz CT molecular complexity index is 497. The highest BCUT2D eigenvalue weighted by Gasteiger charge is 1.99. The molecule has 1 aromatic heterocycles. The minimum absolute atomic E-state index is 0.712. The summed E-state index contributed by atoms with van der Waals surface area (Å²) in [5, 5.41) is 4.09. The fraction of sp³-hybridized carbons (Fsp3) is 0.214. The molecule has 0 fully saturated rings. The molecule has 2 aromatic rings. The van der Waals surface area contributed by atoms with Crippen molar-refractivity contribution in [2.45, 2.75) is 20.0 Å². The molecule has 0 aliphatic rings. The Kier molecular flexibility index (Phi) is 4.13. The second-order valence-electron chi connectivity index (χ2n) is 4.06. The zero-order valence-corrected chi connectivity index (χ0v) is 10.5. The van der Waals surface area contributed by atoms with Crippen LogP contribution in [-0.2, 0) is 13.1 Å². The Balaban J connectivity index is 1.90. The minimum Gasteiger partial charge on any atom is -0.309 e. The van der Waals surface area contributed by atoms with Crippen molar-refractivity contribution < 1.29 is 0 Å². The van der Waals surface area contributed by atoms with Gasteiger partial charge in [-0.1, -0.05) is 41.4 Å². The van der Waals surface area contributed by atoms with Crippen LogP contribution >= 0.6 is 11.6 Å². The van der Waals surface area contributed by atoms with Crippen LogP contribution in [0.5, 0.6) is 0 Å². The standard InChI is InChI=1S/C14H15ClN2/c1-11-3-2-4-12(7-11)8-17-9-13-5-6-16-10-14(13)15/h2-7,10,17H,8-9H2,1H3. The van der Waals surface area contributed by atoms with Crippen molar-refractivity contribution in [2.75, 3.05) is 0 Å². The highest BCUT2D eigenvalue weighted by molar-refractivity contribution is 6.31. The molecule has 17 heavy (non-hydrogen) atoms. The number of benzene rings is 1. The highest BCUT2D eigenvalue weighted by Crippen LogP contribution is 2.13. The smallest absolute Gasteiger partial charge is 0.0634 e. The number of aromatic nitrogens is 1. The van der Waals surface area contributed by atoms with Crippen molar-refractivity contribution in [1.29, 1.82) is 0 Å². The Labute approximate surface area is 107 Å². The Morgan fingerprint density at radius 3 is 2.88 bits per heavy atom. The maximum Gasteiger partial charge on any atom is 0.0634 e. The third kappa shape index (κ3) is 3.55. The maximum absolute atomic E-state index is 6.03. The quantitative estimate of drug-likeness (QED) is 0.895. The fourth-order valence-corrected chi connectivity index (χ4v) is 1.90. The number of nitrogens with one attached hydrogen (secondary N) is 1. The Morgan fingerprint density at radius 1 is 1.24 bits per heavy atom. The number of nitrogens with zero attached hydrogens (tertiary/aromatic N) is 1. The second-order valence-corrected chi connectivity index (χ2v) is 4.47. The molecule has 1 heterocycles. The van der Waals surface area contributed by atoms with Crippen molar-refractivity contribution in [3.05, 3.63) is 64.4 Å². The van der Waals surface area contributed by atoms with Gasteiger partial charge in [-0.05, 0) is 24.1 Å². The van der Waals surface area contributed by atoms with E-state index < -0.39 is 0 Å². The van der Waals surface area contributed by atoms with Gasteiger partial charge in [0, 0.05) is 25.5 Å². The first-order valence-corrected chi connectivity index (χ1v) is 5.98. The largest absolute Gasteiger partial charge is 0.309 e. The van der Waals surface area contributed by atoms with Gasteiger partial charge in [0.1, 0.15) is 0 Å². The number of halogens is 1. The predicted octanol–water partition coefficient (Wildman–Crippen LogP) is 3.33. The first-order chi connectivity index (χ1) is 8.25.